The van der Waals surface area contributed by atoms with Gasteiger partial charge in [-0.15, -0.1) is 0 Å². The number of benzene rings is 1. The van der Waals surface area contributed by atoms with Crippen molar-refractivity contribution in [3.05, 3.63) is 28.3 Å². The number of piperidine rings is 1. The van der Waals surface area contributed by atoms with E-state index in [1.54, 1.807) is 0 Å². The Kier molecular flexibility index (Phi) is 5.53. The zero-order valence-corrected chi connectivity index (χ0v) is 14.6. The molecule has 1 heterocycles. The molecule has 1 aromatic carbocycles. The van der Waals surface area contributed by atoms with Crippen molar-refractivity contribution in [1.29, 1.82) is 0 Å². The van der Waals surface area contributed by atoms with E-state index in [4.69, 9.17) is 4.74 Å². The molecule has 0 aromatic heterocycles. The number of amides is 1. The first-order chi connectivity index (χ1) is 12.1. The lowest BCUT2D eigenvalue weighted by molar-refractivity contribution is -0.384. The van der Waals surface area contributed by atoms with Crippen molar-refractivity contribution in [1.82, 2.24) is 4.90 Å². The molecule has 7 heteroatoms. The summed E-state index contributed by atoms with van der Waals surface area (Å²) in [4.78, 5) is 25.0. The second-order valence-corrected chi connectivity index (χ2v) is 7.02. The van der Waals surface area contributed by atoms with Crippen LogP contribution in [0.5, 0.6) is 5.75 Å². The SMILES string of the molecule is COc1cc([N+](=O)[O-])ccc1NC(=O)CN1CC[C@@H]2CCCC[C@@H]2C1. The van der Waals surface area contributed by atoms with Gasteiger partial charge in [0.25, 0.3) is 5.69 Å². The Morgan fingerprint density at radius 1 is 1.32 bits per heavy atom. The normalized spacial score (nSPS) is 23.6. The van der Waals surface area contributed by atoms with E-state index in [-0.39, 0.29) is 11.6 Å². The fourth-order valence-corrected chi connectivity index (χ4v) is 4.11. The number of carbonyl (C=O) groups excluding carboxylic acids is 1. The number of likely N-dealkylation sites (tertiary alicyclic amines) is 1. The van der Waals surface area contributed by atoms with E-state index in [0.717, 1.165) is 24.9 Å². The van der Waals surface area contributed by atoms with Crippen LogP contribution in [-0.2, 0) is 4.79 Å². The number of anilines is 1. The highest BCUT2D eigenvalue weighted by atomic mass is 16.6. The highest BCUT2D eigenvalue weighted by Crippen LogP contribution is 2.36. The van der Waals surface area contributed by atoms with Crippen LogP contribution in [0, 0.1) is 22.0 Å². The molecule has 1 amide bonds. The molecule has 2 aliphatic rings. The minimum absolute atomic E-state index is 0.0609. The van der Waals surface area contributed by atoms with Gasteiger partial charge in [0.15, 0.2) is 0 Å². The third kappa shape index (κ3) is 4.28. The number of carbonyl (C=O) groups is 1. The molecule has 0 radical (unpaired) electrons. The quantitative estimate of drug-likeness (QED) is 0.654. The van der Waals surface area contributed by atoms with Crippen molar-refractivity contribution >= 4 is 17.3 Å². The first-order valence-electron chi connectivity index (χ1n) is 8.91. The molecule has 2 atom stereocenters. The molecule has 3 rings (SSSR count). The smallest absolute Gasteiger partial charge is 0.273 e. The van der Waals surface area contributed by atoms with E-state index >= 15 is 0 Å². The summed E-state index contributed by atoms with van der Waals surface area (Å²) < 4.78 is 5.16. The van der Waals surface area contributed by atoms with Crippen LogP contribution in [0.4, 0.5) is 11.4 Å². The molecule has 0 unspecified atom stereocenters. The van der Waals surface area contributed by atoms with Crippen molar-refractivity contribution in [2.75, 3.05) is 32.1 Å². The maximum Gasteiger partial charge on any atom is 0.273 e. The van der Waals surface area contributed by atoms with Gasteiger partial charge < -0.3 is 10.1 Å². The van der Waals surface area contributed by atoms with Crippen molar-refractivity contribution < 1.29 is 14.5 Å². The molecule has 7 nitrogen and oxygen atoms in total. The molecule has 1 N–H and O–H groups in total. The molecular weight excluding hydrogens is 322 g/mol. The monoisotopic (exact) mass is 347 g/mol. The largest absolute Gasteiger partial charge is 0.494 e. The van der Waals surface area contributed by atoms with Crippen LogP contribution < -0.4 is 10.1 Å². The lowest BCUT2D eigenvalue weighted by Crippen LogP contribution is -2.44. The number of methoxy groups -OCH3 is 1. The Balaban J connectivity index is 1.58. The molecule has 25 heavy (non-hydrogen) atoms. The van der Waals surface area contributed by atoms with Crippen molar-refractivity contribution in [2.45, 2.75) is 32.1 Å². The van der Waals surface area contributed by atoms with Gasteiger partial charge in [-0.3, -0.25) is 19.8 Å². The van der Waals surface area contributed by atoms with Gasteiger partial charge >= 0.3 is 0 Å². The van der Waals surface area contributed by atoms with Gasteiger partial charge in [-0.05, 0) is 37.3 Å². The molecule has 136 valence electrons. The van der Waals surface area contributed by atoms with E-state index in [1.165, 1.54) is 57.4 Å². The third-order valence-electron chi connectivity index (χ3n) is 5.41. The van der Waals surface area contributed by atoms with Gasteiger partial charge in [-0.25, -0.2) is 0 Å². The van der Waals surface area contributed by atoms with Crippen LogP contribution in [0.15, 0.2) is 18.2 Å². The molecule has 1 saturated carbocycles. The summed E-state index contributed by atoms with van der Waals surface area (Å²) in [5.41, 5.74) is 0.403. The fraction of sp³-hybridized carbons (Fsp3) is 0.611. The number of rotatable bonds is 5. The average molecular weight is 347 g/mol. The van der Waals surface area contributed by atoms with Gasteiger partial charge in [-0.2, -0.15) is 0 Å². The molecule has 1 aliphatic heterocycles. The van der Waals surface area contributed by atoms with Crippen LogP contribution in [-0.4, -0.2) is 42.5 Å². The van der Waals surface area contributed by atoms with Crippen LogP contribution in [0.25, 0.3) is 0 Å². The Labute approximate surface area is 147 Å². The van der Waals surface area contributed by atoms with Crippen LogP contribution >= 0.6 is 0 Å². The van der Waals surface area contributed by atoms with E-state index in [2.05, 4.69) is 10.2 Å². The minimum atomic E-state index is -0.484. The lowest BCUT2D eigenvalue weighted by atomic mass is 9.75. The summed E-state index contributed by atoms with van der Waals surface area (Å²) in [6, 6.07) is 4.21. The van der Waals surface area contributed by atoms with Crippen molar-refractivity contribution in [3.63, 3.8) is 0 Å². The molecule has 0 bridgehead atoms. The van der Waals surface area contributed by atoms with Crippen LogP contribution in [0.3, 0.4) is 0 Å². The maximum atomic E-state index is 12.4. The molecule has 1 aromatic rings. The topological polar surface area (TPSA) is 84.7 Å². The Hall–Kier alpha value is -2.15. The number of nitro groups is 1. The van der Waals surface area contributed by atoms with Gasteiger partial charge in [-0.1, -0.05) is 19.3 Å². The second-order valence-electron chi connectivity index (χ2n) is 7.02. The Morgan fingerprint density at radius 3 is 2.80 bits per heavy atom. The summed E-state index contributed by atoms with van der Waals surface area (Å²) in [7, 11) is 1.43. The zero-order valence-electron chi connectivity index (χ0n) is 14.6. The van der Waals surface area contributed by atoms with Crippen molar-refractivity contribution in [2.24, 2.45) is 11.8 Å². The maximum absolute atomic E-state index is 12.4. The van der Waals surface area contributed by atoms with E-state index in [9.17, 15) is 14.9 Å². The number of hydrogen-bond acceptors (Lipinski definition) is 5. The third-order valence-corrected chi connectivity index (χ3v) is 5.41. The minimum Gasteiger partial charge on any atom is -0.494 e. The number of non-ortho nitro benzene ring substituents is 1. The highest BCUT2D eigenvalue weighted by Gasteiger charge is 2.31. The van der Waals surface area contributed by atoms with E-state index < -0.39 is 4.92 Å². The number of nitro benzene ring substituents is 1. The Morgan fingerprint density at radius 2 is 2.08 bits per heavy atom. The first-order valence-corrected chi connectivity index (χ1v) is 8.91. The van der Waals surface area contributed by atoms with Gasteiger partial charge in [0.1, 0.15) is 5.75 Å². The van der Waals surface area contributed by atoms with Crippen LogP contribution in [0.2, 0.25) is 0 Å². The molecule has 1 saturated heterocycles. The summed E-state index contributed by atoms with van der Waals surface area (Å²) in [5, 5.41) is 13.7. The molecule has 1 aliphatic carbocycles. The van der Waals surface area contributed by atoms with Crippen LogP contribution in [0.1, 0.15) is 32.1 Å². The number of hydrogen-bond donors (Lipinski definition) is 1. The first kappa shape index (κ1) is 17.7. The van der Waals surface area contributed by atoms with Gasteiger partial charge in [0, 0.05) is 12.6 Å². The molecule has 0 spiro atoms. The summed E-state index contributed by atoms with van der Waals surface area (Å²) in [6.45, 7) is 2.31. The van der Waals surface area contributed by atoms with Gasteiger partial charge in [0.2, 0.25) is 5.91 Å². The van der Waals surface area contributed by atoms with E-state index in [1.807, 2.05) is 0 Å². The lowest BCUT2D eigenvalue weighted by Gasteiger charge is -2.41. The second kappa shape index (κ2) is 7.82. The summed E-state index contributed by atoms with van der Waals surface area (Å²) in [5.74, 6) is 1.75. The van der Waals surface area contributed by atoms with Crippen molar-refractivity contribution in [3.8, 4) is 5.75 Å². The predicted molar refractivity (Wildman–Crippen MR) is 94.8 cm³/mol. The molecule has 2 fully saturated rings. The summed E-state index contributed by atoms with van der Waals surface area (Å²) in [6.07, 6.45) is 6.45. The predicted octanol–water partition coefficient (Wildman–Crippen LogP) is 3.05. The van der Waals surface area contributed by atoms with E-state index in [0.29, 0.717) is 18.0 Å². The number of nitrogens with zero attached hydrogens (tertiary/aromatic N) is 2. The summed E-state index contributed by atoms with van der Waals surface area (Å²) >= 11 is 0. The average Bonchev–Trinajstić information content (AvgIpc) is 2.61. The molecular formula is C18H25N3O4. The highest BCUT2D eigenvalue weighted by molar-refractivity contribution is 5.93. The van der Waals surface area contributed by atoms with Gasteiger partial charge in [0.05, 0.1) is 30.3 Å². The Bertz CT molecular complexity index is 649. The standard InChI is InChI=1S/C18H25N3O4/c1-25-17-10-15(21(23)24)6-7-16(17)19-18(22)12-20-9-8-13-4-2-3-5-14(13)11-20/h6-7,10,13-14H,2-5,8-9,11-12H2,1H3,(H,19,22)/t13-,14+/m0/s1. The number of nitrogens with one attached hydrogen (secondary N) is 1. The fourth-order valence-electron chi connectivity index (χ4n) is 4.11. The number of ether oxygens (including phenoxy) is 1. The number of fused-ring (bicyclic) bond motifs is 1. The zero-order chi connectivity index (χ0) is 17.8.